The van der Waals surface area contributed by atoms with Crippen molar-refractivity contribution in [2.24, 2.45) is 0 Å². The first-order valence-electron chi connectivity index (χ1n) is 4.95. The van der Waals surface area contributed by atoms with Gasteiger partial charge >= 0.3 is 0 Å². The lowest BCUT2D eigenvalue weighted by Crippen LogP contribution is -2.01. The molecule has 0 aliphatic rings. The van der Waals surface area contributed by atoms with Gasteiger partial charge in [0.1, 0.15) is 5.75 Å². The van der Waals surface area contributed by atoms with Crippen LogP contribution < -0.4 is 4.74 Å². The molecule has 0 spiro atoms. The lowest BCUT2D eigenvalue weighted by atomic mass is 10.0. The number of methoxy groups -OCH3 is 1. The highest BCUT2D eigenvalue weighted by Gasteiger charge is 2.10. The summed E-state index contributed by atoms with van der Waals surface area (Å²) >= 11 is 0. The number of Topliss-reactive ketones (excluding diaryl/α,β-unsaturated/α-hetero) is 1. The molecule has 1 aromatic carbocycles. The first kappa shape index (κ1) is 11.5. The Bertz CT molecular complexity index is 367. The van der Waals surface area contributed by atoms with E-state index in [0.717, 1.165) is 12.0 Å². The highest BCUT2D eigenvalue weighted by Crippen LogP contribution is 2.20. The fourth-order valence-corrected chi connectivity index (χ4v) is 1.34. The molecular weight excluding hydrogens is 188 g/mol. The summed E-state index contributed by atoms with van der Waals surface area (Å²) in [7, 11) is 1.57. The third-order valence-electron chi connectivity index (χ3n) is 2.19. The zero-order valence-corrected chi connectivity index (χ0v) is 9.25. The summed E-state index contributed by atoms with van der Waals surface area (Å²) in [6, 6.07) is 7.29. The third kappa shape index (κ3) is 3.24. The lowest BCUT2D eigenvalue weighted by Gasteiger charge is -2.06. The molecule has 0 amide bonds. The Kier molecular flexibility index (Phi) is 4.10. The molecular formula is C13H16O2. The van der Waals surface area contributed by atoms with E-state index in [9.17, 15) is 4.79 Å². The van der Waals surface area contributed by atoms with Crippen LogP contribution in [0.25, 0.3) is 0 Å². The Morgan fingerprint density at radius 3 is 2.60 bits per heavy atom. The second-order valence-electron chi connectivity index (χ2n) is 3.58. The number of hydrogen-bond donors (Lipinski definition) is 0. The van der Waals surface area contributed by atoms with Gasteiger partial charge in [-0.25, -0.2) is 0 Å². The van der Waals surface area contributed by atoms with E-state index in [1.54, 1.807) is 19.2 Å². The minimum Gasteiger partial charge on any atom is -0.496 e. The minimum absolute atomic E-state index is 0.107. The van der Waals surface area contributed by atoms with E-state index in [0.29, 0.717) is 17.7 Å². The van der Waals surface area contributed by atoms with Crippen molar-refractivity contribution in [2.75, 3.05) is 7.11 Å². The molecule has 0 saturated carbocycles. The van der Waals surface area contributed by atoms with Crippen molar-refractivity contribution in [2.45, 2.75) is 19.8 Å². The van der Waals surface area contributed by atoms with Gasteiger partial charge in [-0.15, -0.1) is 6.58 Å². The Balaban J connectivity index is 2.77. The van der Waals surface area contributed by atoms with Crippen LogP contribution in [-0.2, 0) is 0 Å². The Morgan fingerprint density at radius 1 is 1.33 bits per heavy atom. The van der Waals surface area contributed by atoms with Gasteiger partial charge in [0, 0.05) is 6.42 Å². The SMILES string of the molecule is C=C(C)CCC(=O)c1ccccc1OC. The normalized spacial score (nSPS) is 9.73. The van der Waals surface area contributed by atoms with Crippen molar-refractivity contribution < 1.29 is 9.53 Å². The summed E-state index contributed by atoms with van der Waals surface area (Å²) in [6.07, 6.45) is 1.23. The molecule has 2 heteroatoms. The largest absolute Gasteiger partial charge is 0.496 e. The molecule has 1 rings (SSSR count). The number of hydrogen-bond acceptors (Lipinski definition) is 2. The van der Waals surface area contributed by atoms with Crippen LogP contribution in [0.1, 0.15) is 30.1 Å². The molecule has 0 bridgehead atoms. The van der Waals surface area contributed by atoms with Gasteiger partial charge in [-0.2, -0.15) is 0 Å². The van der Waals surface area contributed by atoms with E-state index in [1.165, 1.54) is 0 Å². The van der Waals surface area contributed by atoms with E-state index in [1.807, 2.05) is 19.1 Å². The van der Waals surface area contributed by atoms with Crippen molar-refractivity contribution in [1.29, 1.82) is 0 Å². The molecule has 0 atom stereocenters. The molecule has 80 valence electrons. The number of carbonyl (C=O) groups excluding carboxylic acids is 1. The van der Waals surface area contributed by atoms with Crippen LogP contribution in [0.5, 0.6) is 5.75 Å². The molecule has 0 fully saturated rings. The van der Waals surface area contributed by atoms with Crippen LogP contribution in [0.2, 0.25) is 0 Å². The summed E-state index contributed by atoms with van der Waals surface area (Å²) in [6.45, 7) is 5.71. The molecule has 0 radical (unpaired) electrons. The van der Waals surface area contributed by atoms with E-state index in [4.69, 9.17) is 4.74 Å². The predicted molar refractivity (Wildman–Crippen MR) is 61.4 cm³/mol. The Labute approximate surface area is 90.6 Å². The molecule has 2 nitrogen and oxygen atoms in total. The summed E-state index contributed by atoms with van der Waals surface area (Å²) in [5.41, 5.74) is 1.68. The van der Waals surface area contributed by atoms with Crippen LogP contribution in [0.15, 0.2) is 36.4 Å². The Morgan fingerprint density at radius 2 is 2.00 bits per heavy atom. The molecule has 0 heterocycles. The third-order valence-corrected chi connectivity index (χ3v) is 2.19. The molecule has 15 heavy (non-hydrogen) atoms. The monoisotopic (exact) mass is 204 g/mol. The molecule has 0 aliphatic carbocycles. The second-order valence-corrected chi connectivity index (χ2v) is 3.58. The maximum Gasteiger partial charge on any atom is 0.166 e. The lowest BCUT2D eigenvalue weighted by molar-refractivity contribution is 0.0980. The highest BCUT2D eigenvalue weighted by molar-refractivity contribution is 5.98. The molecule has 0 unspecified atom stereocenters. The van der Waals surface area contributed by atoms with Crippen LogP contribution in [0, 0.1) is 0 Å². The number of rotatable bonds is 5. The van der Waals surface area contributed by atoms with Crippen LogP contribution >= 0.6 is 0 Å². The van der Waals surface area contributed by atoms with Gasteiger partial charge in [0.15, 0.2) is 5.78 Å². The van der Waals surface area contributed by atoms with Crippen LogP contribution in [0.4, 0.5) is 0 Å². The number of carbonyl (C=O) groups is 1. The summed E-state index contributed by atoms with van der Waals surface area (Å²) in [4.78, 5) is 11.8. The van der Waals surface area contributed by atoms with Gasteiger partial charge in [-0.05, 0) is 25.5 Å². The second kappa shape index (κ2) is 5.35. The first-order valence-corrected chi connectivity index (χ1v) is 4.95. The summed E-state index contributed by atoms with van der Waals surface area (Å²) in [5, 5.41) is 0. The van der Waals surface area contributed by atoms with Crippen molar-refractivity contribution in [1.82, 2.24) is 0 Å². The van der Waals surface area contributed by atoms with Crippen molar-refractivity contribution in [3.05, 3.63) is 42.0 Å². The van der Waals surface area contributed by atoms with Crippen LogP contribution in [-0.4, -0.2) is 12.9 Å². The van der Waals surface area contributed by atoms with Gasteiger partial charge < -0.3 is 4.74 Å². The number of ketones is 1. The summed E-state index contributed by atoms with van der Waals surface area (Å²) < 4.78 is 5.13. The quantitative estimate of drug-likeness (QED) is 0.543. The number of ether oxygens (including phenoxy) is 1. The van der Waals surface area contributed by atoms with Crippen LogP contribution in [0.3, 0.4) is 0 Å². The van der Waals surface area contributed by atoms with Gasteiger partial charge in [0.2, 0.25) is 0 Å². The van der Waals surface area contributed by atoms with Gasteiger partial charge in [0.05, 0.1) is 12.7 Å². The van der Waals surface area contributed by atoms with E-state index in [-0.39, 0.29) is 5.78 Å². The van der Waals surface area contributed by atoms with Gasteiger partial charge in [-0.3, -0.25) is 4.79 Å². The van der Waals surface area contributed by atoms with Crippen molar-refractivity contribution >= 4 is 5.78 Å². The first-order chi connectivity index (χ1) is 7.15. The molecule has 0 N–H and O–H groups in total. The maximum atomic E-state index is 11.8. The number of benzene rings is 1. The molecule has 1 aromatic rings. The summed E-state index contributed by atoms with van der Waals surface area (Å²) in [5.74, 6) is 0.750. The zero-order chi connectivity index (χ0) is 11.3. The number of allylic oxidation sites excluding steroid dienone is 1. The predicted octanol–water partition coefficient (Wildman–Crippen LogP) is 3.23. The average molecular weight is 204 g/mol. The topological polar surface area (TPSA) is 26.3 Å². The average Bonchev–Trinajstić information content (AvgIpc) is 2.25. The molecule has 0 saturated heterocycles. The van der Waals surface area contributed by atoms with Gasteiger partial charge in [-0.1, -0.05) is 17.7 Å². The van der Waals surface area contributed by atoms with Crippen molar-refractivity contribution in [3.63, 3.8) is 0 Å². The van der Waals surface area contributed by atoms with Gasteiger partial charge in [0.25, 0.3) is 0 Å². The molecule has 0 aromatic heterocycles. The Hall–Kier alpha value is -1.57. The molecule has 0 aliphatic heterocycles. The van der Waals surface area contributed by atoms with E-state index >= 15 is 0 Å². The fraction of sp³-hybridized carbons (Fsp3) is 0.308. The maximum absolute atomic E-state index is 11.8. The minimum atomic E-state index is 0.107. The number of para-hydroxylation sites is 1. The van der Waals surface area contributed by atoms with E-state index in [2.05, 4.69) is 6.58 Å². The highest BCUT2D eigenvalue weighted by atomic mass is 16.5. The standard InChI is InChI=1S/C13H16O2/c1-10(2)8-9-12(14)11-6-4-5-7-13(11)15-3/h4-7H,1,8-9H2,2-3H3. The fourth-order valence-electron chi connectivity index (χ4n) is 1.34. The smallest absolute Gasteiger partial charge is 0.166 e. The zero-order valence-electron chi connectivity index (χ0n) is 9.25. The van der Waals surface area contributed by atoms with E-state index < -0.39 is 0 Å². The van der Waals surface area contributed by atoms with Crippen molar-refractivity contribution in [3.8, 4) is 5.75 Å².